The van der Waals surface area contributed by atoms with Gasteiger partial charge in [0.1, 0.15) is 6.10 Å². The number of aliphatic hydroxyl groups is 1. The summed E-state index contributed by atoms with van der Waals surface area (Å²) in [5, 5.41) is 8.47. The summed E-state index contributed by atoms with van der Waals surface area (Å²) in [7, 11) is 0. The van der Waals surface area contributed by atoms with Crippen LogP contribution in [0, 0.1) is 63.9 Å². The summed E-state index contributed by atoms with van der Waals surface area (Å²) < 4.78 is 0. The van der Waals surface area contributed by atoms with E-state index in [0.29, 0.717) is 6.10 Å². The first kappa shape index (κ1) is 12.5. The van der Waals surface area contributed by atoms with Crippen molar-refractivity contribution < 1.29 is 22.2 Å². The molecule has 2 rings (SSSR count). The van der Waals surface area contributed by atoms with Crippen molar-refractivity contribution in [2.24, 2.45) is 0 Å². The third kappa shape index (κ3) is 6.05. The van der Waals surface area contributed by atoms with Crippen molar-refractivity contribution in [3.8, 4) is 0 Å². The maximum absolute atomic E-state index is 8.47. The van der Waals surface area contributed by atoms with Crippen LogP contribution in [-0.2, 0) is 17.1 Å². The molecule has 2 aliphatic carbocycles. The van der Waals surface area contributed by atoms with Crippen molar-refractivity contribution in [1.29, 1.82) is 0 Å². The van der Waals surface area contributed by atoms with E-state index in [2.05, 4.69) is 0 Å². The Morgan fingerprint density at radius 2 is 1.00 bits per heavy atom. The zero-order valence-electron chi connectivity index (χ0n) is 6.50. The molecule has 0 aromatic heterocycles. The normalized spacial score (nSPS) is 22.8. The first-order valence-electron chi connectivity index (χ1n) is 3.47. The Morgan fingerprint density at radius 3 is 1.17 bits per heavy atom. The third-order valence-corrected chi connectivity index (χ3v) is 1.20. The van der Waals surface area contributed by atoms with E-state index in [1.807, 2.05) is 32.1 Å². The second-order valence-electron chi connectivity index (χ2n) is 2.11. The molecule has 64 valence electrons. The summed E-state index contributed by atoms with van der Waals surface area (Å²) in [4.78, 5) is 0. The van der Waals surface area contributed by atoms with Crippen LogP contribution in [0.25, 0.3) is 0 Å². The number of hydrogen-bond acceptors (Lipinski definition) is 1. The summed E-state index contributed by atoms with van der Waals surface area (Å²) in [5.74, 6) is 0. The molecule has 0 unspecified atom stereocenters. The first-order valence-corrected chi connectivity index (χ1v) is 3.47. The van der Waals surface area contributed by atoms with Gasteiger partial charge in [-0.05, 0) is 44.9 Å². The van der Waals surface area contributed by atoms with Crippen LogP contribution in [0.5, 0.6) is 0 Å². The third-order valence-electron chi connectivity index (χ3n) is 1.20. The van der Waals surface area contributed by atoms with Gasteiger partial charge < -0.3 is 5.11 Å². The Bertz CT molecular complexity index is 78.2. The maximum atomic E-state index is 8.47. The average Bonchev–Trinajstić information content (AvgIpc) is 2.57. The van der Waals surface area contributed by atoms with Crippen LogP contribution in [-0.4, -0.2) is 5.11 Å². The minimum absolute atomic E-state index is 0. The largest absolute Gasteiger partial charge is 0.386 e. The fourth-order valence-electron chi connectivity index (χ4n) is 0.685. The van der Waals surface area contributed by atoms with E-state index in [0.717, 1.165) is 0 Å². The van der Waals surface area contributed by atoms with Crippen LogP contribution >= 0.6 is 0 Å². The van der Waals surface area contributed by atoms with Gasteiger partial charge in [-0.1, -0.05) is 0 Å². The molecule has 0 saturated heterocycles. The second-order valence-corrected chi connectivity index (χ2v) is 2.11. The van der Waals surface area contributed by atoms with E-state index in [1.165, 1.54) is 0 Å². The Kier molecular flexibility index (Phi) is 8.42. The van der Waals surface area contributed by atoms with Crippen molar-refractivity contribution in [1.82, 2.24) is 0 Å². The van der Waals surface area contributed by atoms with Crippen molar-refractivity contribution in [3.63, 3.8) is 0 Å². The summed E-state index contributed by atoms with van der Waals surface area (Å²) in [5.41, 5.74) is 0. The van der Waals surface area contributed by atoms with Crippen LogP contribution in [0.15, 0.2) is 0 Å². The predicted molar refractivity (Wildman–Crippen MR) is 43.9 cm³/mol. The van der Waals surface area contributed by atoms with Crippen molar-refractivity contribution in [2.45, 2.75) is 0 Å². The monoisotopic (exact) mass is 202 g/mol. The number of rotatable bonds is 0. The summed E-state index contributed by atoms with van der Waals surface area (Å²) in [6.45, 7) is 0. The van der Waals surface area contributed by atoms with E-state index in [9.17, 15) is 0 Å². The van der Waals surface area contributed by atoms with Gasteiger partial charge in [0, 0.05) is 29.9 Å². The van der Waals surface area contributed by atoms with Gasteiger partial charge in [0.15, 0.2) is 0 Å². The summed E-state index contributed by atoms with van der Waals surface area (Å²) >= 11 is 0. The Morgan fingerprint density at radius 1 is 0.667 bits per heavy atom. The Labute approximate surface area is 86.4 Å². The quantitative estimate of drug-likeness (QED) is 0.593. The standard InChI is InChI=1S/C5H5O.C5H5.Fe/c6-5-3-1-2-4-5;1-2-4-5-3-1;/h1-4,6H;1-5H;. The minimum atomic E-state index is 0. The van der Waals surface area contributed by atoms with E-state index in [-0.39, 0.29) is 17.1 Å². The van der Waals surface area contributed by atoms with Gasteiger partial charge in [0.2, 0.25) is 0 Å². The van der Waals surface area contributed by atoms with Gasteiger partial charge in [-0.25, -0.2) is 0 Å². The molecule has 2 fully saturated rings. The molecule has 10 radical (unpaired) electrons. The summed E-state index contributed by atoms with van der Waals surface area (Å²) in [6, 6.07) is 0. The maximum Gasteiger partial charge on any atom is 0.101 e. The van der Waals surface area contributed by atoms with E-state index in [1.54, 1.807) is 25.7 Å². The van der Waals surface area contributed by atoms with Crippen molar-refractivity contribution >= 4 is 0 Å². The van der Waals surface area contributed by atoms with Crippen LogP contribution in [0.1, 0.15) is 0 Å². The SMILES string of the molecule is O[C]1[CH][CH][CH][CH]1.[CH]1[CH][CH][CH][CH]1.[Fe]. The molecule has 0 spiro atoms. The molecule has 0 aliphatic heterocycles. The predicted octanol–water partition coefficient (Wildman–Crippen LogP) is 1.74. The molecule has 1 nitrogen and oxygen atoms in total. The molecule has 12 heavy (non-hydrogen) atoms. The Balaban J connectivity index is 0.000000189. The average molecular weight is 202 g/mol. The van der Waals surface area contributed by atoms with Gasteiger partial charge in [0.05, 0.1) is 0 Å². The van der Waals surface area contributed by atoms with E-state index < -0.39 is 0 Å². The molecule has 0 amide bonds. The topological polar surface area (TPSA) is 20.2 Å². The number of hydrogen-bond donors (Lipinski definition) is 1. The molecular formula is C10H10FeO. The van der Waals surface area contributed by atoms with Crippen LogP contribution < -0.4 is 0 Å². The molecular weight excluding hydrogens is 192 g/mol. The van der Waals surface area contributed by atoms with Crippen LogP contribution in [0.4, 0.5) is 0 Å². The molecule has 2 saturated carbocycles. The zero-order chi connectivity index (χ0) is 7.94. The zero-order valence-corrected chi connectivity index (χ0v) is 7.60. The molecule has 0 heterocycles. The van der Waals surface area contributed by atoms with Gasteiger partial charge in [-0.3, -0.25) is 0 Å². The molecule has 0 atom stereocenters. The molecule has 0 aromatic carbocycles. The van der Waals surface area contributed by atoms with Gasteiger partial charge in [0.25, 0.3) is 0 Å². The number of aliphatic hydroxyl groups excluding tert-OH is 1. The second kappa shape index (κ2) is 8.09. The molecule has 0 bridgehead atoms. The first-order chi connectivity index (χ1) is 5.39. The molecule has 1 N–H and O–H groups in total. The fraction of sp³-hybridized carbons (Fsp3) is 0. The Hall–Kier alpha value is 0.479. The van der Waals surface area contributed by atoms with E-state index in [4.69, 9.17) is 5.11 Å². The van der Waals surface area contributed by atoms with Crippen molar-refractivity contribution in [2.75, 3.05) is 0 Å². The molecule has 0 aromatic rings. The van der Waals surface area contributed by atoms with Gasteiger partial charge in [-0.15, -0.1) is 0 Å². The molecule has 2 heteroatoms. The smallest absolute Gasteiger partial charge is 0.101 e. The van der Waals surface area contributed by atoms with Gasteiger partial charge in [-0.2, -0.15) is 0 Å². The van der Waals surface area contributed by atoms with Crippen LogP contribution in [0.3, 0.4) is 0 Å². The molecule has 2 aliphatic rings. The van der Waals surface area contributed by atoms with Crippen molar-refractivity contribution in [3.05, 3.63) is 63.9 Å². The van der Waals surface area contributed by atoms with E-state index >= 15 is 0 Å². The minimum Gasteiger partial charge on any atom is -0.386 e. The van der Waals surface area contributed by atoms with Crippen LogP contribution in [0.2, 0.25) is 0 Å². The van der Waals surface area contributed by atoms with Gasteiger partial charge >= 0.3 is 0 Å². The summed E-state index contributed by atoms with van der Waals surface area (Å²) in [6.07, 6.45) is 17.2. The fourth-order valence-corrected chi connectivity index (χ4v) is 0.685.